The number of hydrogen-bond donors (Lipinski definition) is 1. The van der Waals surface area contributed by atoms with Crippen molar-refractivity contribution in [3.05, 3.63) is 47.0 Å². The summed E-state index contributed by atoms with van der Waals surface area (Å²) in [7, 11) is 0. The number of hydrogen-bond acceptors (Lipinski definition) is 1. The highest BCUT2D eigenvalue weighted by molar-refractivity contribution is 14.1. The molecule has 0 bridgehead atoms. The molecule has 2 rings (SSSR count). The van der Waals surface area contributed by atoms with E-state index in [2.05, 4.69) is 59.8 Å². The van der Waals surface area contributed by atoms with Crippen LogP contribution < -0.4 is 5.73 Å². The number of alkyl halides is 1. The highest BCUT2D eigenvalue weighted by atomic mass is 127. The van der Waals surface area contributed by atoms with Crippen LogP contribution in [0.1, 0.15) is 16.7 Å². The minimum atomic E-state index is 0.621. The molecule has 0 aliphatic rings. The fourth-order valence-corrected chi connectivity index (χ4v) is 2.29. The molecule has 0 amide bonds. The molecule has 2 aromatic rings. The van der Waals surface area contributed by atoms with Crippen LogP contribution in [0.4, 0.5) is 0 Å². The lowest BCUT2D eigenvalue weighted by Crippen LogP contribution is -1.98. The van der Waals surface area contributed by atoms with E-state index in [1.54, 1.807) is 0 Å². The molecule has 0 unspecified atom stereocenters. The zero-order valence-corrected chi connectivity index (χ0v) is 10.9. The second-order valence-corrected chi connectivity index (χ2v) is 4.56. The van der Waals surface area contributed by atoms with Gasteiger partial charge in [-0.2, -0.15) is 0 Å². The first-order valence-electron chi connectivity index (χ1n) is 5.03. The van der Waals surface area contributed by atoms with E-state index < -0.39 is 0 Å². The third-order valence-corrected chi connectivity index (χ3v) is 3.61. The standard InChI is InChI=1S/C13H14IN/c1-9-4-11-3-2-10(7-14)5-12(11)6-13(9)8-15/h2-6H,7-8,15H2,1H3. The Labute approximate surface area is 104 Å². The molecular weight excluding hydrogens is 297 g/mol. The van der Waals surface area contributed by atoms with Gasteiger partial charge in [-0.3, -0.25) is 0 Å². The molecule has 0 heterocycles. The number of rotatable bonds is 2. The molecule has 0 spiro atoms. The Morgan fingerprint density at radius 2 is 1.93 bits per heavy atom. The van der Waals surface area contributed by atoms with Crippen molar-refractivity contribution in [2.24, 2.45) is 5.73 Å². The molecule has 0 atom stereocenters. The Hall–Kier alpha value is -0.610. The summed E-state index contributed by atoms with van der Waals surface area (Å²) in [5, 5.41) is 2.61. The van der Waals surface area contributed by atoms with Crippen LogP contribution in [0, 0.1) is 6.92 Å². The predicted octanol–water partition coefficient (Wildman–Crippen LogP) is 3.54. The summed E-state index contributed by atoms with van der Waals surface area (Å²) in [5.74, 6) is 0. The molecule has 2 heteroatoms. The Balaban J connectivity index is 2.66. The smallest absolute Gasteiger partial charge is 0.0247 e. The summed E-state index contributed by atoms with van der Waals surface area (Å²) in [6.45, 7) is 2.74. The predicted molar refractivity (Wildman–Crippen MR) is 74.3 cm³/mol. The Kier molecular flexibility index (Phi) is 3.26. The van der Waals surface area contributed by atoms with Crippen molar-refractivity contribution < 1.29 is 0 Å². The lowest BCUT2D eigenvalue weighted by atomic mass is 10.0. The van der Waals surface area contributed by atoms with Crippen LogP contribution in [-0.2, 0) is 11.0 Å². The van der Waals surface area contributed by atoms with Crippen LogP contribution in [0.2, 0.25) is 0 Å². The van der Waals surface area contributed by atoms with E-state index in [0.29, 0.717) is 6.54 Å². The van der Waals surface area contributed by atoms with E-state index in [4.69, 9.17) is 5.73 Å². The summed E-state index contributed by atoms with van der Waals surface area (Å²) in [4.78, 5) is 0. The van der Waals surface area contributed by atoms with Crippen LogP contribution >= 0.6 is 22.6 Å². The van der Waals surface area contributed by atoms with Crippen molar-refractivity contribution in [3.63, 3.8) is 0 Å². The van der Waals surface area contributed by atoms with Gasteiger partial charge in [-0.1, -0.05) is 46.9 Å². The van der Waals surface area contributed by atoms with Crippen LogP contribution in [0.25, 0.3) is 10.8 Å². The first-order chi connectivity index (χ1) is 7.24. The van der Waals surface area contributed by atoms with Gasteiger partial charge in [0.05, 0.1) is 0 Å². The largest absolute Gasteiger partial charge is 0.326 e. The van der Waals surface area contributed by atoms with E-state index >= 15 is 0 Å². The highest BCUT2D eigenvalue weighted by Gasteiger charge is 2.00. The third kappa shape index (κ3) is 2.16. The average Bonchev–Trinajstić information content (AvgIpc) is 2.27. The van der Waals surface area contributed by atoms with Gasteiger partial charge >= 0.3 is 0 Å². The van der Waals surface area contributed by atoms with Crippen molar-refractivity contribution in [2.75, 3.05) is 0 Å². The minimum Gasteiger partial charge on any atom is -0.326 e. The summed E-state index contributed by atoms with van der Waals surface area (Å²) in [6, 6.07) is 11.1. The molecular formula is C13H14IN. The van der Waals surface area contributed by atoms with Crippen LogP contribution in [0.15, 0.2) is 30.3 Å². The van der Waals surface area contributed by atoms with Gasteiger partial charge in [-0.15, -0.1) is 0 Å². The first-order valence-corrected chi connectivity index (χ1v) is 6.55. The van der Waals surface area contributed by atoms with Crippen LogP contribution in [0.3, 0.4) is 0 Å². The number of fused-ring (bicyclic) bond motifs is 1. The Morgan fingerprint density at radius 1 is 1.13 bits per heavy atom. The maximum Gasteiger partial charge on any atom is 0.0247 e. The van der Waals surface area contributed by atoms with Crippen molar-refractivity contribution in [1.29, 1.82) is 0 Å². The molecule has 0 aliphatic heterocycles. The molecule has 2 N–H and O–H groups in total. The topological polar surface area (TPSA) is 26.0 Å². The maximum absolute atomic E-state index is 5.71. The fourth-order valence-electron chi connectivity index (χ4n) is 1.81. The summed E-state index contributed by atoms with van der Waals surface area (Å²) >= 11 is 2.39. The van der Waals surface area contributed by atoms with E-state index in [9.17, 15) is 0 Å². The molecule has 15 heavy (non-hydrogen) atoms. The van der Waals surface area contributed by atoms with Gasteiger partial charge in [0.1, 0.15) is 0 Å². The SMILES string of the molecule is Cc1cc2ccc(CI)cc2cc1CN. The van der Waals surface area contributed by atoms with Gasteiger partial charge in [0.25, 0.3) is 0 Å². The fraction of sp³-hybridized carbons (Fsp3) is 0.231. The molecule has 78 valence electrons. The zero-order valence-electron chi connectivity index (χ0n) is 8.76. The number of nitrogens with two attached hydrogens (primary N) is 1. The van der Waals surface area contributed by atoms with E-state index in [0.717, 1.165) is 4.43 Å². The summed E-state index contributed by atoms with van der Waals surface area (Å²) in [5.41, 5.74) is 9.61. The van der Waals surface area contributed by atoms with Crippen molar-refractivity contribution >= 4 is 33.4 Å². The lowest BCUT2D eigenvalue weighted by Gasteiger charge is -2.07. The van der Waals surface area contributed by atoms with Gasteiger partial charge in [0, 0.05) is 11.0 Å². The molecule has 0 aliphatic carbocycles. The molecule has 0 saturated heterocycles. The number of aryl methyl sites for hydroxylation is 1. The van der Waals surface area contributed by atoms with Crippen molar-refractivity contribution in [3.8, 4) is 0 Å². The monoisotopic (exact) mass is 311 g/mol. The molecule has 1 nitrogen and oxygen atoms in total. The quantitative estimate of drug-likeness (QED) is 0.666. The lowest BCUT2D eigenvalue weighted by molar-refractivity contribution is 1.05. The van der Waals surface area contributed by atoms with Crippen LogP contribution in [-0.4, -0.2) is 0 Å². The van der Waals surface area contributed by atoms with Crippen molar-refractivity contribution in [1.82, 2.24) is 0 Å². The highest BCUT2D eigenvalue weighted by Crippen LogP contribution is 2.22. The van der Waals surface area contributed by atoms with Gasteiger partial charge < -0.3 is 5.73 Å². The van der Waals surface area contributed by atoms with E-state index in [-0.39, 0.29) is 0 Å². The normalized spacial score (nSPS) is 10.9. The molecule has 0 radical (unpaired) electrons. The average molecular weight is 311 g/mol. The summed E-state index contributed by atoms with van der Waals surface area (Å²) < 4.78 is 1.06. The maximum atomic E-state index is 5.71. The zero-order chi connectivity index (χ0) is 10.8. The van der Waals surface area contributed by atoms with Gasteiger partial charge in [0.15, 0.2) is 0 Å². The summed E-state index contributed by atoms with van der Waals surface area (Å²) in [6.07, 6.45) is 0. The number of benzene rings is 2. The van der Waals surface area contributed by atoms with E-state index in [1.807, 2.05) is 0 Å². The second-order valence-electron chi connectivity index (χ2n) is 3.80. The number of halogens is 1. The van der Waals surface area contributed by atoms with Gasteiger partial charge in [-0.05, 0) is 40.5 Å². The second kappa shape index (κ2) is 4.49. The Bertz CT molecular complexity index is 491. The molecule has 0 aromatic heterocycles. The van der Waals surface area contributed by atoms with Crippen molar-refractivity contribution in [2.45, 2.75) is 17.9 Å². The van der Waals surface area contributed by atoms with Gasteiger partial charge in [-0.25, -0.2) is 0 Å². The Morgan fingerprint density at radius 3 is 2.60 bits per heavy atom. The molecule has 0 fully saturated rings. The first kappa shape index (κ1) is 10.9. The third-order valence-electron chi connectivity index (χ3n) is 2.73. The van der Waals surface area contributed by atoms with E-state index in [1.165, 1.54) is 27.5 Å². The molecule has 2 aromatic carbocycles. The minimum absolute atomic E-state index is 0.621. The molecule has 0 saturated carbocycles. The van der Waals surface area contributed by atoms with Gasteiger partial charge in [0.2, 0.25) is 0 Å². The van der Waals surface area contributed by atoms with Crippen LogP contribution in [0.5, 0.6) is 0 Å².